The molecule has 3 fully saturated rings. The van der Waals surface area contributed by atoms with Crippen LogP contribution in [-0.2, 0) is 4.79 Å². The molecule has 1 N–H and O–H groups in total. The Morgan fingerprint density at radius 2 is 2.04 bits per heavy atom. The number of fused-ring (bicyclic) bond motifs is 4. The van der Waals surface area contributed by atoms with Gasteiger partial charge in [-0.3, -0.25) is 9.59 Å². The van der Waals surface area contributed by atoms with Gasteiger partial charge < -0.3 is 19.9 Å². The summed E-state index contributed by atoms with van der Waals surface area (Å²) in [4.78, 5) is 29.0. The maximum absolute atomic E-state index is 12.9. The lowest BCUT2D eigenvalue weighted by molar-refractivity contribution is -0.125. The lowest BCUT2D eigenvalue weighted by Crippen LogP contribution is -2.57. The van der Waals surface area contributed by atoms with E-state index in [1.165, 1.54) is 4.90 Å². The summed E-state index contributed by atoms with van der Waals surface area (Å²) < 4.78 is 5.75. The van der Waals surface area contributed by atoms with Gasteiger partial charge in [-0.25, -0.2) is 0 Å². The molecule has 0 aliphatic carbocycles. The van der Waals surface area contributed by atoms with E-state index in [1.807, 2.05) is 0 Å². The zero-order chi connectivity index (χ0) is 17.7. The standard InChI is InChI=1S/C18H22ClN3O3/c1-10-18(24)21(2)15-8-12(19)7-13(16(15)25-10)17(23)20-14-9-22-5-3-11(14)4-6-22/h7-8,10-11,14H,3-6,9H2,1-2H3,(H,20,23). The van der Waals surface area contributed by atoms with Gasteiger partial charge in [0.1, 0.15) is 0 Å². The molecule has 4 aliphatic rings. The van der Waals surface area contributed by atoms with E-state index in [-0.39, 0.29) is 17.9 Å². The highest BCUT2D eigenvalue weighted by atomic mass is 35.5. The highest BCUT2D eigenvalue weighted by Crippen LogP contribution is 2.39. The topological polar surface area (TPSA) is 61.9 Å². The van der Waals surface area contributed by atoms with Gasteiger partial charge >= 0.3 is 0 Å². The highest BCUT2D eigenvalue weighted by molar-refractivity contribution is 6.31. The van der Waals surface area contributed by atoms with Crippen LogP contribution in [0, 0.1) is 5.92 Å². The van der Waals surface area contributed by atoms with Crippen molar-refractivity contribution in [3.8, 4) is 5.75 Å². The monoisotopic (exact) mass is 363 g/mol. The van der Waals surface area contributed by atoms with Crippen LogP contribution < -0.4 is 15.0 Å². The zero-order valence-corrected chi connectivity index (χ0v) is 15.2. The maximum atomic E-state index is 12.9. The molecule has 5 rings (SSSR count). The normalized spacial score (nSPS) is 30.7. The van der Waals surface area contributed by atoms with Gasteiger partial charge in [-0.2, -0.15) is 0 Å². The fourth-order valence-electron chi connectivity index (χ4n) is 4.11. The van der Waals surface area contributed by atoms with Crippen LogP contribution >= 0.6 is 11.6 Å². The van der Waals surface area contributed by atoms with Gasteiger partial charge in [-0.15, -0.1) is 0 Å². The summed E-state index contributed by atoms with van der Waals surface area (Å²) in [7, 11) is 1.67. The van der Waals surface area contributed by atoms with Crippen LogP contribution in [0.5, 0.6) is 5.75 Å². The first-order valence-corrected chi connectivity index (χ1v) is 9.13. The van der Waals surface area contributed by atoms with Gasteiger partial charge in [0.25, 0.3) is 11.8 Å². The van der Waals surface area contributed by atoms with Gasteiger partial charge in [0, 0.05) is 24.7 Å². The highest BCUT2D eigenvalue weighted by Gasteiger charge is 2.37. The number of carbonyl (C=O) groups is 2. The number of benzene rings is 1. The van der Waals surface area contributed by atoms with Gasteiger partial charge in [0.2, 0.25) is 0 Å². The molecule has 2 unspecified atom stereocenters. The van der Waals surface area contributed by atoms with E-state index < -0.39 is 6.10 Å². The summed E-state index contributed by atoms with van der Waals surface area (Å²) in [5, 5.41) is 3.57. The molecule has 1 aromatic carbocycles. The van der Waals surface area contributed by atoms with E-state index in [4.69, 9.17) is 16.3 Å². The number of rotatable bonds is 2. The van der Waals surface area contributed by atoms with E-state index >= 15 is 0 Å². The Kier molecular flexibility index (Phi) is 4.12. The SMILES string of the molecule is CC1Oc2c(C(=O)NC3CN4CCC3CC4)cc(Cl)cc2N(C)C1=O. The smallest absolute Gasteiger partial charge is 0.267 e. The Morgan fingerprint density at radius 3 is 2.68 bits per heavy atom. The molecule has 0 radical (unpaired) electrons. The number of amides is 2. The minimum atomic E-state index is -0.623. The van der Waals surface area contributed by atoms with Crippen molar-refractivity contribution in [2.24, 2.45) is 5.92 Å². The Bertz CT molecular complexity index is 731. The number of likely N-dealkylation sites (N-methyl/N-ethyl adjacent to an activating group) is 1. The number of hydrogen-bond donors (Lipinski definition) is 1. The third kappa shape index (κ3) is 2.87. The van der Waals surface area contributed by atoms with Gasteiger partial charge in [0.15, 0.2) is 11.9 Å². The molecular formula is C18H22ClN3O3. The Labute approximate surface area is 152 Å². The molecule has 4 heterocycles. The minimum Gasteiger partial charge on any atom is -0.478 e. The van der Waals surface area contributed by atoms with Crippen LogP contribution in [0.3, 0.4) is 0 Å². The second-order valence-electron chi connectivity index (χ2n) is 7.18. The first kappa shape index (κ1) is 16.7. The molecule has 2 atom stereocenters. The molecule has 25 heavy (non-hydrogen) atoms. The van der Waals surface area contributed by atoms with Crippen molar-refractivity contribution in [2.45, 2.75) is 31.9 Å². The summed E-state index contributed by atoms with van der Waals surface area (Å²) in [6.07, 6.45) is 1.63. The molecule has 4 aliphatic heterocycles. The van der Waals surface area contributed by atoms with Crippen molar-refractivity contribution in [1.29, 1.82) is 0 Å². The molecule has 2 amide bonds. The van der Waals surface area contributed by atoms with Crippen LogP contribution in [0.25, 0.3) is 0 Å². The van der Waals surface area contributed by atoms with Crippen LogP contribution in [-0.4, -0.2) is 55.5 Å². The fourth-order valence-corrected chi connectivity index (χ4v) is 4.33. The molecule has 0 saturated carbocycles. The van der Waals surface area contributed by atoms with E-state index in [2.05, 4.69) is 10.2 Å². The van der Waals surface area contributed by atoms with Gasteiger partial charge in [-0.05, 0) is 50.9 Å². The first-order valence-electron chi connectivity index (χ1n) is 8.75. The minimum absolute atomic E-state index is 0.154. The molecule has 3 saturated heterocycles. The van der Waals surface area contributed by atoms with Gasteiger partial charge in [-0.1, -0.05) is 11.6 Å². The summed E-state index contributed by atoms with van der Waals surface area (Å²) >= 11 is 6.20. The predicted octanol–water partition coefficient (Wildman–Crippen LogP) is 1.91. The quantitative estimate of drug-likeness (QED) is 0.871. The summed E-state index contributed by atoms with van der Waals surface area (Å²) in [5.74, 6) is 0.622. The number of halogens is 1. The first-order chi connectivity index (χ1) is 11.9. The predicted molar refractivity (Wildman–Crippen MR) is 95.4 cm³/mol. The number of anilines is 1. The Balaban J connectivity index is 1.63. The summed E-state index contributed by atoms with van der Waals surface area (Å²) in [5.41, 5.74) is 0.930. The fraction of sp³-hybridized carbons (Fsp3) is 0.556. The van der Waals surface area contributed by atoms with Crippen molar-refractivity contribution in [3.63, 3.8) is 0 Å². The summed E-state index contributed by atoms with van der Waals surface area (Å²) in [6.45, 7) is 4.83. The molecule has 2 bridgehead atoms. The lowest BCUT2D eigenvalue weighted by atomic mass is 9.84. The molecule has 1 aromatic rings. The largest absolute Gasteiger partial charge is 0.478 e. The average molecular weight is 364 g/mol. The molecule has 0 aromatic heterocycles. The molecule has 0 spiro atoms. The van der Waals surface area contributed by atoms with Crippen molar-refractivity contribution in [2.75, 3.05) is 31.6 Å². The van der Waals surface area contributed by atoms with Crippen molar-refractivity contribution in [1.82, 2.24) is 10.2 Å². The van der Waals surface area contributed by atoms with Crippen LogP contribution in [0.2, 0.25) is 5.02 Å². The van der Waals surface area contributed by atoms with E-state index in [9.17, 15) is 9.59 Å². The number of ether oxygens (including phenoxy) is 1. The van der Waals surface area contributed by atoms with E-state index in [0.29, 0.717) is 27.9 Å². The van der Waals surface area contributed by atoms with Crippen molar-refractivity contribution < 1.29 is 14.3 Å². The molecule has 7 heteroatoms. The third-order valence-electron chi connectivity index (χ3n) is 5.59. The lowest BCUT2D eigenvalue weighted by Gasteiger charge is -2.45. The number of hydrogen-bond acceptors (Lipinski definition) is 4. The third-order valence-corrected chi connectivity index (χ3v) is 5.80. The Hall–Kier alpha value is -1.79. The molecule has 6 nitrogen and oxygen atoms in total. The van der Waals surface area contributed by atoms with Gasteiger partial charge in [0.05, 0.1) is 11.3 Å². The van der Waals surface area contributed by atoms with Crippen molar-refractivity contribution in [3.05, 3.63) is 22.7 Å². The van der Waals surface area contributed by atoms with E-state index in [1.54, 1.807) is 26.1 Å². The maximum Gasteiger partial charge on any atom is 0.267 e. The number of nitrogens with one attached hydrogen (secondary N) is 1. The zero-order valence-electron chi connectivity index (χ0n) is 14.4. The summed E-state index contributed by atoms with van der Waals surface area (Å²) in [6, 6.07) is 3.43. The molecular weight excluding hydrogens is 342 g/mol. The van der Waals surface area contributed by atoms with Crippen molar-refractivity contribution >= 4 is 29.1 Å². The second-order valence-corrected chi connectivity index (χ2v) is 7.61. The number of carbonyl (C=O) groups excluding carboxylic acids is 2. The average Bonchev–Trinajstić information content (AvgIpc) is 2.61. The van der Waals surface area contributed by atoms with Crippen LogP contribution in [0.1, 0.15) is 30.1 Å². The number of piperidine rings is 3. The number of nitrogens with zero attached hydrogens (tertiary/aromatic N) is 2. The second kappa shape index (κ2) is 6.18. The Morgan fingerprint density at radius 1 is 1.32 bits per heavy atom. The van der Waals surface area contributed by atoms with Crippen LogP contribution in [0.15, 0.2) is 12.1 Å². The molecule has 134 valence electrons. The van der Waals surface area contributed by atoms with Crippen LogP contribution in [0.4, 0.5) is 5.69 Å². The van der Waals surface area contributed by atoms with E-state index in [0.717, 1.165) is 32.5 Å².